The third kappa shape index (κ3) is 2.88. The Kier molecular flexibility index (Phi) is 4.22. The van der Waals surface area contributed by atoms with Gasteiger partial charge in [-0.3, -0.25) is 9.69 Å². The van der Waals surface area contributed by atoms with Crippen LogP contribution < -0.4 is 5.73 Å². The number of aromatic nitrogens is 2. The van der Waals surface area contributed by atoms with Crippen molar-refractivity contribution in [1.29, 1.82) is 0 Å². The monoisotopic (exact) mass is 300 g/mol. The molecule has 0 aliphatic carbocycles. The average Bonchev–Trinajstić information content (AvgIpc) is 3.15. The minimum atomic E-state index is -0.308. The van der Waals surface area contributed by atoms with Crippen LogP contribution in [0, 0.1) is 0 Å². The molecule has 1 amide bonds. The fourth-order valence-corrected chi connectivity index (χ4v) is 2.96. The van der Waals surface area contributed by atoms with Crippen molar-refractivity contribution in [2.24, 2.45) is 5.73 Å². The van der Waals surface area contributed by atoms with Crippen LogP contribution in [-0.4, -0.2) is 46.2 Å². The van der Waals surface area contributed by atoms with E-state index in [-0.39, 0.29) is 18.1 Å². The van der Waals surface area contributed by atoms with Gasteiger partial charge in [-0.2, -0.15) is 0 Å². The number of imidazole rings is 1. The summed E-state index contributed by atoms with van der Waals surface area (Å²) in [4.78, 5) is 18.1. The lowest BCUT2D eigenvalue weighted by Crippen LogP contribution is -2.40. The first kappa shape index (κ1) is 14.7. The van der Waals surface area contributed by atoms with Gasteiger partial charge in [0.2, 0.25) is 5.91 Å². The number of ether oxygens (including phenoxy) is 1. The molecule has 3 rings (SSSR count). The molecule has 0 radical (unpaired) electrons. The molecule has 1 aliphatic rings. The molecule has 116 valence electrons. The molecule has 6 nitrogen and oxygen atoms in total. The van der Waals surface area contributed by atoms with Crippen LogP contribution in [-0.2, 0) is 16.1 Å². The Morgan fingerprint density at radius 3 is 2.86 bits per heavy atom. The number of amides is 1. The first-order valence-electron chi connectivity index (χ1n) is 7.33. The topological polar surface area (TPSA) is 73.4 Å². The number of carbonyl (C=O) groups excluding carboxylic acids is 1. The summed E-state index contributed by atoms with van der Waals surface area (Å²) in [5.74, 6) is 0.576. The van der Waals surface area contributed by atoms with E-state index in [0.29, 0.717) is 19.5 Å². The van der Waals surface area contributed by atoms with E-state index in [2.05, 4.69) is 4.98 Å². The van der Waals surface area contributed by atoms with E-state index in [0.717, 1.165) is 11.5 Å². The molecule has 0 saturated carbocycles. The smallest absolute Gasteiger partial charge is 0.234 e. The Hall–Kier alpha value is -2.18. The highest BCUT2D eigenvalue weighted by molar-refractivity contribution is 5.80. The molecule has 1 saturated heterocycles. The SMILES string of the molecule is CO[C@H]1C[C@@H](C(N)=O)N(Cc2nccn2-c2ccccc2)C1. The number of hydrogen-bond donors (Lipinski definition) is 1. The molecule has 2 aromatic rings. The summed E-state index contributed by atoms with van der Waals surface area (Å²) in [6.45, 7) is 1.25. The van der Waals surface area contributed by atoms with Crippen LogP contribution in [0.2, 0.25) is 0 Å². The normalized spacial score (nSPS) is 22.0. The molecule has 0 spiro atoms. The van der Waals surface area contributed by atoms with Gasteiger partial charge in [0.25, 0.3) is 0 Å². The van der Waals surface area contributed by atoms with Crippen molar-refractivity contribution in [2.75, 3.05) is 13.7 Å². The average molecular weight is 300 g/mol. The van der Waals surface area contributed by atoms with E-state index >= 15 is 0 Å². The van der Waals surface area contributed by atoms with E-state index in [9.17, 15) is 4.79 Å². The summed E-state index contributed by atoms with van der Waals surface area (Å²) in [6.07, 6.45) is 4.37. The zero-order valence-corrected chi connectivity index (χ0v) is 12.6. The maximum atomic E-state index is 11.7. The lowest BCUT2D eigenvalue weighted by Gasteiger charge is -2.21. The van der Waals surface area contributed by atoms with Crippen molar-refractivity contribution in [1.82, 2.24) is 14.5 Å². The number of benzene rings is 1. The van der Waals surface area contributed by atoms with Gasteiger partial charge in [0.1, 0.15) is 5.82 Å². The van der Waals surface area contributed by atoms with Crippen LogP contribution in [0.5, 0.6) is 0 Å². The number of primary amides is 1. The summed E-state index contributed by atoms with van der Waals surface area (Å²) in [7, 11) is 1.66. The fraction of sp³-hybridized carbons (Fsp3) is 0.375. The minimum absolute atomic E-state index is 0.0395. The van der Waals surface area contributed by atoms with E-state index in [4.69, 9.17) is 10.5 Å². The molecule has 1 aromatic carbocycles. The van der Waals surface area contributed by atoms with E-state index in [1.54, 1.807) is 13.3 Å². The molecule has 1 fully saturated rings. The molecular weight excluding hydrogens is 280 g/mol. The predicted molar refractivity (Wildman–Crippen MR) is 82.4 cm³/mol. The number of hydrogen-bond acceptors (Lipinski definition) is 4. The van der Waals surface area contributed by atoms with Crippen LogP contribution in [0.25, 0.3) is 5.69 Å². The fourth-order valence-electron chi connectivity index (χ4n) is 2.96. The van der Waals surface area contributed by atoms with Gasteiger partial charge in [0.15, 0.2) is 0 Å². The third-order valence-electron chi connectivity index (χ3n) is 4.12. The second kappa shape index (κ2) is 6.29. The first-order valence-corrected chi connectivity index (χ1v) is 7.33. The predicted octanol–water partition coefficient (Wildman–Crippen LogP) is 0.947. The van der Waals surface area contributed by atoms with Crippen molar-refractivity contribution in [3.05, 3.63) is 48.5 Å². The van der Waals surface area contributed by atoms with Crippen LogP contribution in [0.3, 0.4) is 0 Å². The maximum Gasteiger partial charge on any atom is 0.234 e. The van der Waals surface area contributed by atoms with Gasteiger partial charge in [0.05, 0.1) is 18.7 Å². The standard InChI is InChI=1S/C16H20N4O2/c1-22-13-9-14(16(17)21)19(10-13)11-15-18-7-8-20(15)12-5-3-2-4-6-12/h2-8,13-14H,9-11H2,1H3,(H2,17,21)/t13-,14-/m0/s1. The zero-order valence-electron chi connectivity index (χ0n) is 12.6. The molecular formula is C16H20N4O2. The molecule has 1 aromatic heterocycles. The number of likely N-dealkylation sites (tertiary alicyclic amines) is 1. The zero-order chi connectivity index (χ0) is 15.5. The molecule has 1 aliphatic heterocycles. The van der Waals surface area contributed by atoms with Crippen LogP contribution >= 0.6 is 0 Å². The van der Waals surface area contributed by atoms with Gasteiger partial charge in [0, 0.05) is 31.7 Å². The van der Waals surface area contributed by atoms with Gasteiger partial charge in [-0.1, -0.05) is 18.2 Å². The summed E-state index contributed by atoms with van der Waals surface area (Å²) >= 11 is 0. The van der Waals surface area contributed by atoms with Gasteiger partial charge in [-0.05, 0) is 18.6 Å². The summed E-state index contributed by atoms with van der Waals surface area (Å²) in [5, 5.41) is 0. The van der Waals surface area contributed by atoms with E-state index in [1.807, 2.05) is 46.0 Å². The third-order valence-corrected chi connectivity index (χ3v) is 4.12. The number of methoxy groups -OCH3 is 1. The van der Waals surface area contributed by atoms with E-state index < -0.39 is 0 Å². The number of para-hydroxylation sites is 1. The van der Waals surface area contributed by atoms with Gasteiger partial charge in [-0.25, -0.2) is 4.98 Å². The Morgan fingerprint density at radius 1 is 1.41 bits per heavy atom. The van der Waals surface area contributed by atoms with Crippen molar-refractivity contribution in [3.63, 3.8) is 0 Å². The van der Waals surface area contributed by atoms with Crippen LogP contribution in [0.15, 0.2) is 42.7 Å². The highest BCUT2D eigenvalue weighted by Gasteiger charge is 2.36. The van der Waals surface area contributed by atoms with Crippen molar-refractivity contribution in [2.45, 2.75) is 25.1 Å². The highest BCUT2D eigenvalue weighted by Crippen LogP contribution is 2.22. The highest BCUT2D eigenvalue weighted by atomic mass is 16.5. The number of nitrogens with two attached hydrogens (primary N) is 1. The Bertz CT molecular complexity index is 641. The molecule has 0 bridgehead atoms. The second-order valence-corrected chi connectivity index (χ2v) is 5.49. The Morgan fingerprint density at radius 2 is 2.18 bits per heavy atom. The molecule has 6 heteroatoms. The Balaban J connectivity index is 1.82. The lowest BCUT2D eigenvalue weighted by molar-refractivity contribution is -0.122. The number of rotatable bonds is 5. The molecule has 2 heterocycles. The van der Waals surface area contributed by atoms with Crippen LogP contribution in [0.1, 0.15) is 12.2 Å². The lowest BCUT2D eigenvalue weighted by atomic mass is 10.2. The molecule has 2 atom stereocenters. The Labute approximate surface area is 129 Å². The number of carbonyl (C=O) groups is 1. The van der Waals surface area contributed by atoms with E-state index in [1.165, 1.54) is 0 Å². The molecule has 22 heavy (non-hydrogen) atoms. The first-order chi connectivity index (χ1) is 10.7. The summed E-state index contributed by atoms with van der Waals surface area (Å²) in [5.41, 5.74) is 6.57. The van der Waals surface area contributed by atoms with Crippen LogP contribution in [0.4, 0.5) is 0 Å². The quantitative estimate of drug-likeness (QED) is 0.892. The maximum absolute atomic E-state index is 11.7. The largest absolute Gasteiger partial charge is 0.380 e. The van der Waals surface area contributed by atoms with Gasteiger partial charge in [-0.15, -0.1) is 0 Å². The van der Waals surface area contributed by atoms with Gasteiger partial charge >= 0.3 is 0 Å². The summed E-state index contributed by atoms with van der Waals surface area (Å²) < 4.78 is 7.41. The van der Waals surface area contributed by atoms with Crippen molar-refractivity contribution >= 4 is 5.91 Å². The minimum Gasteiger partial charge on any atom is -0.380 e. The molecule has 2 N–H and O–H groups in total. The van der Waals surface area contributed by atoms with Crippen molar-refractivity contribution < 1.29 is 9.53 Å². The number of nitrogens with zero attached hydrogens (tertiary/aromatic N) is 3. The van der Waals surface area contributed by atoms with Crippen molar-refractivity contribution in [3.8, 4) is 5.69 Å². The summed E-state index contributed by atoms with van der Waals surface area (Å²) in [6, 6.07) is 9.71. The van der Waals surface area contributed by atoms with Gasteiger partial charge < -0.3 is 15.0 Å². The second-order valence-electron chi connectivity index (χ2n) is 5.49. The molecule has 0 unspecified atom stereocenters.